The zero-order valence-electron chi connectivity index (χ0n) is 30.1. The van der Waals surface area contributed by atoms with Crippen molar-refractivity contribution >= 4 is 17.7 Å². The lowest BCUT2D eigenvalue weighted by Gasteiger charge is -2.56. The summed E-state index contributed by atoms with van der Waals surface area (Å²) in [5.41, 5.74) is 2.13. The highest BCUT2D eigenvalue weighted by atomic mass is 16.6. The van der Waals surface area contributed by atoms with Crippen LogP contribution in [0.1, 0.15) is 103 Å². The fourth-order valence-electron chi connectivity index (χ4n) is 8.21. The Kier molecular flexibility index (Phi) is 12.1. The number of ether oxygens (including phenoxy) is 3. The second kappa shape index (κ2) is 16.9. The molecule has 1 aliphatic heterocycles. The van der Waals surface area contributed by atoms with E-state index in [1.54, 1.807) is 26.0 Å². The minimum absolute atomic E-state index is 0.000604. The van der Waals surface area contributed by atoms with E-state index < -0.39 is 35.6 Å². The van der Waals surface area contributed by atoms with Crippen molar-refractivity contribution in [1.82, 2.24) is 15.0 Å². The third-order valence-electron chi connectivity index (χ3n) is 10.4. The predicted octanol–water partition coefficient (Wildman–Crippen LogP) is 4.83. The zero-order chi connectivity index (χ0) is 37.5. The maximum Gasteiger partial charge on any atom is 0.361 e. The number of hydrogen-bond acceptors (Lipinski definition) is 13. The lowest BCUT2D eigenvalue weighted by Crippen LogP contribution is -2.62. The van der Waals surface area contributed by atoms with Gasteiger partial charge in [0.05, 0.1) is 24.8 Å². The zero-order valence-corrected chi connectivity index (χ0v) is 30.1. The highest BCUT2D eigenvalue weighted by molar-refractivity contribution is 6.03. The van der Waals surface area contributed by atoms with Crippen LogP contribution in [0.25, 0.3) is 0 Å². The summed E-state index contributed by atoms with van der Waals surface area (Å²) in [6.07, 6.45) is 6.19. The number of esters is 2. The summed E-state index contributed by atoms with van der Waals surface area (Å²) in [4.78, 5) is 32.7. The van der Waals surface area contributed by atoms with Gasteiger partial charge in [0.2, 0.25) is 11.5 Å². The second-order valence-corrected chi connectivity index (χ2v) is 13.7. The van der Waals surface area contributed by atoms with Crippen molar-refractivity contribution in [2.45, 2.75) is 83.1 Å². The number of carbonyl (C=O) groups excluding carboxylic acids is 2. The van der Waals surface area contributed by atoms with Crippen molar-refractivity contribution < 1.29 is 49.1 Å². The lowest BCUT2D eigenvalue weighted by molar-refractivity contribution is -0.225. The molecule has 2 aromatic carbocycles. The van der Waals surface area contributed by atoms with Gasteiger partial charge in [0.15, 0.2) is 5.69 Å². The number of aliphatic hydroxyl groups is 3. The number of oxime groups is 1. The van der Waals surface area contributed by atoms with Crippen LogP contribution < -0.4 is 4.74 Å². The van der Waals surface area contributed by atoms with Gasteiger partial charge < -0.3 is 39.5 Å². The number of phenolic OH excluding ortho intramolecular Hbond substituents is 1. The van der Waals surface area contributed by atoms with Crippen molar-refractivity contribution in [3.63, 3.8) is 0 Å². The summed E-state index contributed by atoms with van der Waals surface area (Å²) in [5, 5.41) is 56.4. The van der Waals surface area contributed by atoms with Crippen LogP contribution in [-0.2, 0) is 20.9 Å². The fourth-order valence-corrected chi connectivity index (χ4v) is 8.21. The molecule has 3 aliphatic rings. The van der Waals surface area contributed by atoms with Gasteiger partial charge in [0, 0.05) is 31.1 Å². The van der Waals surface area contributed by atoms with E-state index in [4.69, 9.17) is 19.0 Å². The molecule has 6 rings (SSSR count). The number of nitrogens with zero attached hydrogens (tertiary/aromatic N) is 4. The number of benzene rings is 2. The first-order chi connectivity index (χ1) is 25.7. The molecule has 1 aromatic heterocycles. The molecule has 4 N–H and O–H groups in total. The third kappa shape index (κ3) is 7.66. The summed E-state index contributed by atoms with van der Waals surface area (Å²) < 4.78 is 18.4. The molecule has 2 aliphatic carbocycles. The number of unbranched alkanes of at least 4 members (excludes halogenated alkanes) is 2. The van der Waals surface area contributed by atoms with Gasteiger partial charge in [-0.25, -0.2) is 14.3 Å². The van der Waals surface area contributed by atoms with Crippen LogP contribution >= 0.6 is 0 Å². The molecule has 0 spiro atoms. The van der Waals surface area contributed by atoms with Gasteiger partial charge in [-0.2, -0.15) is 0 Å². The first-order valence-corrected chi connectivity index (χ1v) is 18.5. The van der Waals surface area contributed by atoms with Crippen LogP contribution in [0, 0.1) is 17.8 Å². The van der Waals surface area contributed by atoms with E-state index in [9.17, 15) is 30.0 Å². The van der Waals surface area contributed by atoms with Gasteiger partial charge in [-0.3, -0.25) is 0 Å². The van der Waals surface area contributed by atoms with Crippen molar-refractivity contribution in [1.29, 1.82) is 0 Å². The molecule has 0 amide bonds. The van der Waals surface area contributed by atoms with Crippen LogP contribution in [0.3, 0.4) is 0 Å². The lowest BCUT2D eigenvalue weighted by atomic mass is 9.55. The van der Waals surface area contributed by atoms with E-state index in [1.165, 1.54) is 10.7 Å². The summed E-state index contributed by atoms with van der Waals surface area (Å²) in [7, 11) is 0. The molecule has 0 unspecified atom stereocenters. The molecular weight excluding hydrogens is 684 g/mol. The SMILES string of the molecule is CCOC(=O)c1nnn([C@H]2CC(=NOCc3ccccc3)C3=C[C@H](CCCCO)[C@@H](CCCCO)[C@@H]4c5cc(O)ccc5O[C@@]2(O)[C@H]34)c1C(=O)OCC. The van der Waals surface area contributed by atoms with Crippen LogP contribution in [0.5, 0.6) is 11.5 Å². The fraction of sp³-hybridized carbons (Fsp3) is 0.513. The van der Waals surface area contributed by atoms with Gasteiger partial charge in [-0.1, -0.05) is 59.6 Å². The molecule has 0 radical (unpaired) electrons. The summed E-state index contributed by atoms with van der Waals surface area (Å²) in [5.74, 6) is -4.81. The quantitative estimate of drug-likeness (QED) is 0.0891. The van der Waals surface area contributed by atoms with Gasteiger partial charge >= 0.3 is 11.9 Å². The highest BCUT2D eigenvalue weighted by Gasteiger charge is 2.64. The largest absolute Gasteiger partial charge is 0.508 e. The van der Waals surface area contributed by atoms with Crippen LogP contribution in [0.2, 0.25) is 0 Å². The molecule has 53 heavy (non-hydrogen) atoms. The molecule has 3 aromatic rings. The van der Waals surface area contributed by atoms with E-state index in [0.29, 0.717) is 48.3 Å². The average Bonchev–Trinajstić information content (AvgIpc) is 3.59. The molecule has 1 fully saturated rings. The Balaban J connectivity index is 1.56. The van der Waals surface area contributed by atoms with E-state index in [2.05, 4.69) is 21.5 Å². The third-order valence-corrected chi connectivity index (χ3v) is 10.4. The number of phenols is 1. The molecule has 14 heteroatoms. The maximum atomic E-state index is 13.6. The number of aliphatic hydroxyl groups excluding tert-OH is 2. The number of hydrogen-bond donors (Lipinski definition) is 4. The summed E-state index contributed by atoms with van der Waals surface area (Å²) in [6.45, 7) is 3.55. The normalized spacial score (nSPS) is 25.1. The molecule has 0 saturated heterocycles. The molecule has 1 saturated carbocycles. The Morgan fingerprint density at radius 1 is 0.981 bits per heavy atom. The van der Waals surface area contributed by atoms with Gasteiger partial charge in [-0.05, 0) is 80.7 Å². The maximum absolute atomic E-state index is 13.6. The number of fused-ring (bicyclic) bond motifs is 2. The van der Waals surface area contributed by atoms with Gasteiger partial charge in [0.25, 0.3) is 0 Å². The van der Waals surface area contributed by atoms with Crippen LogP contribution in [-0.4, -0.2) is 85.3 Å². The standard InChI is InChI=1S/C39H48N4O10/c1-3-50-37(47)35-36(38(48)51-4-2)43(42-40-35)32-22-30(41-52-23-24-12-6-5-7-13-24)28-20-25(14-8-10-18-44)27(15-9-11-19-45)33-29-21-26(46)16-17-31(29)53-39(32,49)34(28)33/h5-7,12-13,16-17,20-21,25,27,32-34,44-46,49H,3-4,8-11,14-15,18-19,22-23H2,1-2H3/t25-,27+,32-,33+,34+,39+/m0/s1. The van der Waals surface area contributed by atoms with E-state index >= 15 is 0 Å². The molecule has 284 valence electrons. The predicted molar refractivity (Wildman–Crippen MR) is 191 cm³/mol. The van der Waals surface area contributed by atoms with Crippen molar-refractivity contribution in [2.24, 2.45) is 22.9 Å². The molecular formula is C39H48N4O10. The Hall–Kier alpha value is -4.79. The van der Waals surface area contributed by atoms with E-state index in [-0.39, 0.29) is 68.4 Å². The van der Waals surface area contributed by atoms with Crippen LogP contribution in [0.4, 0.5) is 0 Å². The monoisotopic (exact) mass is 732 g/mol. The Morgan fingerprint density at radius 3 is 2.42 bits per heavy atom. The van der Waals surface area contributed by atoms with E-state index in [1.807, 2.05) is 30.3 Å². The average molecular weight is 733 g/mol. The van der Waals surface area contributed by atoms with Crippen molar-refractivity contribution in [3.8, 4) is 11.5 Å². The minimum atomic E-state index is -2.08. The Labute approximate surface area is 308 Å². The first-order valence-electron chi connectivity index (χ1n) is 18.5. The van der Waals surface area contributed by atoms with Gasteiger partial charge in [0.1, 0.15) is 24.1 Å². The topological polar surface area (TPSA) is 195 Å². The smallest absolute Gasteiger partial charge is 0.361 e. The van der Waals surface area contributed by atoms with E-state index in [0.717, 1.165) is 18.4 Å². The van der Waals surface area contributed by atoms with Gasteiger partial charge in [-0.15, -0.1) is 5.10 Å². The summed E-state index contributed by atoms with van der Waals surface area (Å²) in [6, 6.07) is 13.1. The van der Waals surface area contributed by atoms with Crippen molar-refractivity contribution in [2.75, 3.05) is 26.4 Å². The number of aromatic nitrogens is 3. The first kappa shape index (κ1) is 38.0. The Morgan fingerprint density at radius 2 is 1.70 bits per heavy atom. The molecule has 0 bridgehead atoms. The number of carbonyl (C=O) groups is 2. The molecule has 6 atom stereocenters. The number of rotatable bonds is 16. The number of allylic oxidation sites excluding steroid dienone is 1. The molecule has 14 nitrogen and oxygen atoms in total. The summed E-state index contributed by atoms with van der Waals surface area (Å²) >= 11 is 0. The second-order valence-electron chi connectivity index (χ2n) is 13.7. The molecule has 2 heterocycles. The van der Waals surface area contributed by atoms with Crippen LogP contribution in [0.15, 0.2) is 65.3 Å². The highest BCUT2D eigenvalue weighted by Crippen LogP contribution is 2.62. The van der Waals surface area contributed by atoms with Crippen molar-refractivity contribution in [3.05, 3.63) is 82.7 Å². The minimum Gasteiger partial charge on any atom is -0.508 e. The number of aromatic hydroxyl groups is 1. The Bertz CT molecular complexity index is 1810.